The molecule has 4 heteroatoms. The molecule has 118 valence electrons. The monoisotopic (exact) mass is 284 g/mol. The zero-order valence-corrected chi connectivity index (χ0v) is 13.2. The van der Waals surface area contributed by atoms with Gasteiger partial charge in [0.25, 0.3) is 0 Å². The van der Waals surface area contributed by atoms with Crippen LogP contribution in [0.25, 0.3) is 0 Å². The normalized spacial score (nSPS) is 31.4. The first-order chi connectivity index (χ1) is 9.65. The third-order valence-electron chi connectivity index (χ3n) is 4.98. The Kier molecular flexibility index (Phi) is 6.27. The van der Waals surface area contributed by atoms with E-state index in [0.717, 1.165) is 65.2 Å². The maximum Gasteiger partial charge on any atom is 0.0590 e. The molecule has 2 saturated heterocycles. The Labute approximate surface area is 123 Å². The molecule has 0 aromatic carbocycles. The van der Waals surface area contributed by atoms with Crippen molar-refractivity contribution in [2.75, 3.05) is 45.9 Å². The van der Waals surface area contributed by atoms with E-state index in [1.807, 2.05) is 0 Å². The smallest absolute Gasteiger partial charge is 0.0590 e. The van der Waals surface area contributed by atoms with E-state index in [4.69, 9.17) is 4.74 Å². The van der Waals surface area contributed by atoms with Gasteiger partial charge in [-0.3, -0.25) is 0 Å². The Bertz CT molecular complexity index is 280. The molecule has 2 aliphatic rings. The lowest BCUT2D eigenvalue weighted by molar-refractivity contribution is -0.0271. The zero-order chi connectivity index (χ0) is 14.4. The van der Waals surface area contributed by atoms with Gasteiger partial charge in [-0.1, -0.05) is 13.8 Å². The highest BCUT2D eigenvalue weighted by Gasteiger charge is 2.36. The first-order valence-electron chi connectivity index (χ1n) is 8.34. The topological polar surface area (TPSA) is 44.7 Å². The van der Waals surface area contributed by atoms with Gasteiger partial charge in [0.2, 0.25) is 0 Å². The minimum Gasteiger partial charge on any atom is -0.393 e. The lowest BCUT2D eigenvalue weighted by Gasteiger charge is -2.44. The summed E-state index contributed by atoms with van der Waals surface area (Å²) in [4.78, 5) is 2.57. The van der Waals surface area contributed by atoms with Gasteiger partial charge < -0.3 is 20.1 Å². The van der Waals surface area contributed by atoms with E-state index in [2.05, 4.69) is 24.1 Å². The van der Waals surface area contributed by atoms with E-state index in [9.17, 15) is 5.11 Å². The molecular formula is C16H32N2O2. The molecule has 0 spiro atoms. The van der Waals surface area contributed by atoms with Crippen LogP contribution in [-0.4, -0.2) is 62.0 Å². The van der Waals surface area contributed by atoms with Gasteiger partial charge >= 0.3 is 0 Å². The van der Waals surface area contributed by atoms with Crippen molar-refractivity contribution in [1.82, 2.24) is 10.2 Å². The van der Waals surface area contributed by atoms with Crippen LogP contribution in [0.1, 0.15) is 39.5 Å². The third-order valence-corrected chi connectivity index (χ3v) is 4.98. The average Bonchev–Trinajstić information content (AvgIpc) is 2.44. The molecule has 20 heavy (non-hydrogen) atoms. The van der Waals surface area contributed by atoms with Gasteiger partial charge in [0.05, 0.1) is 6.10 Å². The maximum atomic E-state index is 9.88. The number of ether oxygens (including phenoxy) is 1. The second kappa shape index (κ2) is 7.74. The number of aliphatic hydroxyl groups is 1. The van der Waals surface area contributed by atoms with Crippen LogP contribution < -0.4 is 5.32 Å². The second-order valence-electron chi connectivity index (χ2n) is 6.86. The maximum absolute atomic E-state index is 9.88. The molecule has 0 aromatic heterocycles. The van der Waals surface area contributed by atoms with Gasteiger partial charge in [0.1, 0.15) is 0 Å². The number of hydrogen-bond acceptors (Lipinski definition) is 4. The SMILES string of the molecule is CCCNCC1(CN2CCC(O)C(C)C2)CCOCC1. The van der Waals surface area contributed by atoms with Crippen molar-refractivity contribution in [2.24, 2.45) is 11.3 Å². The third kappa shape index (κ3) is 4.42. The molecule has 2 N–H and O–H groups in total. The first kappa shape index (κ1) is 16.2. The quantitative estimate of drug-likeness (QED) is 0.725. The summed E-state index contributed by atoms with van der Waals surface area (Å²) in [5.74, 6) is 0.407. The highest BCUT2D eigenvalue weighted by Crippen LogP contribution is 2.32. The highest BCUT2D eigenvalue weighted by molar-refractivity contribution is 4.89. The fourth-order valence-electron chi connectivity index (χ4n) is 3.56. The Morgan fingerprint density at radius 3 is 2.75 bits per heavy atom. The van der Waals surface area contributed by atoms with E-state index in [1.54, 1.807) is 0 Å². The molecule has 0 amide bonds. The number of rotatable bonds is 6. The molecule has 0 radical (unpaired) electrons. The molecular weight excluding hydrogens is 252 g/mol. The summed E-state index contributed by atoms with van der Waals surface area (Å²) < 4.78 is 5.57. The summed E-state index contributed by atoms with van der Waals surface area (Å²) in [6.45, 7) is 11.7. The number of piperidine rings is 1. The predicted octanol–water partition coefficient (Wildman–Crippen LogP) is 1.49. The van der Waals surface area contributed by atoms with Crippen molar-refractivity contribution in [3.8, 4) is 0 Å². The number of hydrogen-bond donors (Lipinski definition) is 2. The fourth-order valence-corrected chi connectivity index (χ4v) is 3.56. The van der Waals surface area contributed by atoms with Gasteiger partial charge in [0.15, 0.2) is 0 Å². The van der Waals surface area contributed by atoms with E-state index < -0.39 is 0 Å². The number of nitrogens with zero attached hydrogens (tertiary/aromatic N) is 1. The van der Waals surface area contributed by atoms with Crippen LogP contribution in [0.3, 0.4) is 0 Å². The summed E-state index contributed by atoms with van der Waals surface area (Å²) in [5, 5.41) is 13.5. The van der Waals surface area contributed by atoms with Crippen molar-refractivity contribution in [2.45, 2.75) is 45.6 Å². The molecule has 4 nitrogen and oxygen atoms in total. The van der Waals surface area contributed by atoms with Crippen LogP contribution in [0, 0.1) is 11.3 Å². The summed E-state index contributed by atoms with van der Waals surface area (Å²) in [6.07, 6.45) is 4.35. The largest absolute Gasteiger partial charge is 0.393 e. The molecule has 0 saturated carbocycles. The van der Waals surface area contributed by atoms with Gasteiger partial charge in [-0.05, 0) is 43.6 Å². The molecule has 2 rings (SSSR count). The highest BCUT2D eigenvalue weighted by atomic mass is 16.5. The van der Waals surface area contributed by atoms with Crippen LogP contribution >= 0.6 is 0 Å². The van der Waals surface area contributed by atoms with Crippen LogP contribution in [0.15, 0.2) is 0 Å². The fraction of sp³-hybridized carbons (Fsp3) is 1.00. The Hall–Kier alpha value is -0.160. The van der Waals surface area contributed by atoms with Gasteiger partial charge in [0, 0.05) is 39.4 Å². The van der Waals surface area contributed by atoms with Crippen LogP contribution in [0.5, 0.6) is 0 Å². The molecule has 2 fully saturated rings. The standard InChI is InChI=1S/C16H32N2O2/c1-3-7-17-12-16(5-9-20-10-6-16)13-18-8-4-15(19)14(2)11-18/h14-15,17,19H,3-13H2,1-2H3. The lowest BCUT2D eigenvalue weighted by Crippen LogP contribution is -2.51. The second-order valence-corrected chi connectivity index (χ2v) is 6.86. The van der Waals surface area contributed by atoms with Crippen LogP contribution in [0.4, 0.5) is 0 Å². The van der Waals surface area contributed by atoms with E-state index in [1.165, 1.54) is 6.42 Å². The van der Waals surface area contributed by atoms with Crippen molar-refractivity contribution in [3.05, 3.63) is 0 Å². The number of likely N-dealkylation sites (tertiary alicyclic amines) is 1. The minimum atomic E-state index is -0.102. The van der Waals surface area contributed by atoms with Gasteiger partial charge in [-0.25, -0.2) is 0 Å². The molecule has 0 aromatic rings. The summed E-state index contributed by atoms with van der Waals surface area (Å²) in [6, 6.07) is 0. The van der Waals surface area contributed by atoms with Crippen molar-refractivity contribution in [1.29, 1.82) is 0 Å². The first-order valence-corrected chi connectivity index (χ1v) is 8.34. The average molecular weight is 284 g/mol. The molecule has 2 aliphatic heterocycles. The molecule has 2 atom stereocenters. The van der Waals surface area contributed by atoms with Crippen molar-refractivity contribution >= 4 is 0 Å². The molecule has 2 unspecified atom stereocenters. The van der Waals surface area contributed by atoms with Gasteiger partial charge in [-0.2, -0.15) is 0 Å². The summed E-state index contributed by atoms with van der Waals surface area (Å²) in [7, 11) is 0. The Balaban J connectivity index is 1.89. The summed E-state index contributed by atoms with van der Waals surface area (Å²) in [5.41, 5.74) is 0.370. The summed E-state index contributed by atoms with van der Waals surface area (Å²) >= 11 is 0. The van der Waals surface area contributed by atoms with Crippen LogP contribution in [0.2, 0.25) is 0 Å². The van der Waals surface area contributed by atoms with Gasteiger partial charge in [-0.15, -0.1) is 0 Å². The Morgan fingerprint density at radius 1 is 1.35 bits per heavy atom. The number of nitrogens with one attached hydrogen (secondary N) is 1. The lowest BCUT2D eigenvalue weighted by atomic mass is 9.78. The predicted molar refractivity (Wildman–Crippen MR) is 81.9 cm³/mol. The van der Waals surface area contributed by atoms with Crippen molar-refractivity contribution in [3.63, 3.8) is 0 Å². The minimum absolute atomic E-state index is 0.102. The van der Waals surface area contributed by atoms with E-state index >= 15 is 0 Å². The van der Waals surface area contributed by atoms with Crippen LogP contribution in [-0.2, 0) is 4.74 Å². The molecule has 0 aliphatic carbocycles. The van der Waals surface area contributed by atoms with E-state index in [0.29, 0.717) is 11.3 Å². The van der Waals surface area contributed by atoms with Crippen molar-refractivity contribution < 1.29 is 9.84 Å². The number of aliphatic hydroxyl groups excluding tert-OH is 1. The molecule has 0 bridgehead atoms. The molecule has 2 heterocycles. The Morgan fingerprint density at radius 2 is 2.10 bits per heavy atom. The zero-order valence-electron chi connectivity index (χ0n) is 13.2. The van der Waals surface area contributed by atoms with E-state index in [-0.39, 0.29) is 6.10 Å².